The van der Waals surface area contributed by atoms with Crippen molar-refractivity contribution < 1.29 is 44.9 Å². The highest BCUT2D eigenvalue weighted by Crippen LogP contribution is 2.41. The standard InChI is InChI=1S/C27H25F7N3O3P/c1-5-19(18(29)13-14(2)27(32,33)34)35-26(39)36-20-11-12-37(25(20)38)21-10-9-15(22(30)23(21)31)16-7-6-8-17(28)24(16)41(3,4)40/h5-10,13,20H,2,11-12H2,1,3-4H3,(H2,35,36,39)/b18-13+,19-5+/t20-/m1/s1. The summed E-state index contributed by atoms with van der Waals surface area (Å²) in [5.74, 6) is -5.97. The van der Waals surface area contributed by atoms with Crippen LogP contribution in [-0.4, -0.2) is 44.0 Å². The summed E-state index contributed by atoms with van der Waals surface area (Å²) >= 11 is 0. The van der Waals surface area contributed by atoms with Gasteiger partial charge in [-0.2, -0.15) is 13.2 Å². The Morgan fingerprint density at radius 1 is 1.10 bits per heavy atom. The third kappa shape index (κ3) is 6.90. The van der Waals surface area contributed by atoms with Crippen molar-refractivity contribution in [2.75, 3.05) is 24.8 Å². The third-order valence-electron chi connectivity index (χ3n) is 6.14. The molecule has 0 bridgehead atoms. The number of rotatable bonds is 7. The molecule has 0 radical (unpaired) electrons. The van der Waals surface area contributed by atoms with Gasteiger partial charge in [-0.05, 0) is 56.5 Å². The molecule has 220 valence electrons. The number of alkyl halides is 3. The van der Waals surface area contributed by atoms with Gasteiger partial charge in [0.15, 0.2) is 11.6 Å². The molecule has 3 amide bonds. The van der Waals surface area contributed by atoms with Gasteiger partial charge >= 0.3 is 12.2 Å². The van der Waals surface area contributed by atoms with Gasteiger partial charge in [0.25, 0.3) is 0 Å². The first-order valence-corrected chi connectivity index (χ1v) is 14.6. The summed E-state index contributed by atoms with van der Waals surface area (Å²) in [6, 6.07) is 3.42. The van der Waals surface area contributed by atoms with Crippen LogP contribution in [0.5, 0.6) is 0 Å². The van der Waals surface area contributed by atoms with E-state index in [1.165, 1.54) is 32.4 Å². The van der Waals surface area contributed by atoms with E-state index in [2.05, 4.69) is 11.9 Å². The van der Waals surface area contributed by atoms with E-state index < -0.39 is 71.5 Å². The molecule has 0 unspecified atom stereocenters. The Bertz CT molecular complexity index is 1510. The second kappa shape index (κ2) is 11.9. The molecule has 1 saturated heterocycles. The average Bonchev–Trinajstić information content (AvgIpc) is 3.21. The maximum atomic E-state index is 15.2. The van der Waals surface area contributed by atoms with E-state index in [0.29, 0.717) is 0 Å². The summed E-state index contributed by atoms with van der Waals surface area (Å²) in [7, 11) is -3.25. The zero-order chi connectivity index (χ0) is 30.9. The number of urea groups is 1. The highest BCUT2D eigenvalue weighted by molar-refractivity contribution is 7.70. The zero-order valence-corrected chi connectivity index (χ0v) is 22.9. The van der Waals surface area contributed by atoms with Crippen LogP contribution in [0.2, 0.25) is 0 Å². The van der Waals surface area contributed by atoms with Crippen molar-refractivity contribution in [3.8, 4) is 11.1 Å². The van der Waals surface area contributed by atoms with Gasteiger partial charge in [-0.25, -0.2) is 22.4 Å². The highest BCUT2D eigenvalue weighted by Gasteiger charge is 2.36. The Morgan fingerprint density at radius 2 is 1.76 bits per heavy atom. The molecule has 1 heterocycles. The van der Waals surface area contributed by atoms with Crippen molar-refractivity contribution in [2.45, 2.75) is 25.6 Å². The molecule has 6 nitrogen and oxygen atoms in total. The molecule has 3 rings (SSSR count). The Hall–Kier alpha value is -3.86. The molecule has 41 heavy (non-hydrogen) atoms. The number of nitrogens with one attached hydrogen (secondary N) is 2. The summed E-state index contributed by atoms with van der Waals surface area (Å²) < 4.78 is 110. The fourth-order valence-electron chi connectivity index (χ4n) is 4.19. The van der Waals surface area contributed by atoms with Gasteiger partial charge in [-0.15, -0.1) is 0 Å². The van der Waals surface area contributed by atoms with Gasteiger partial charge in [-0.3, -0.25) is 4.79 Å². The first-order valence-electron chi connectivity index (χ1n) is 12.0. The third-order valence-corrected chi connectivity index (χ3v) is 7.67. The van der Waals surface area contributed by atoms with Crippen LogP contribution in [0.25, 0.3) is 11.1 Å². The van der Waals surface area contributed by atoms with Crippen molar-refractivity contribution in [2.24, 2.45) is 0 Å². The Balaban J connectivity index is 1.79. The van der Waals surface area contributed by atoms with Gasteiger partial charge in [0.2, 0.25) is 5.91 Å². The number of anilines is 1. The van der Waals surface area contributed by atoms with E-state index >= 15 is 8.78 Å². The topological polar surface area (TPSA) is 78.5 Å². The molecule has 0 aliphatic carbocycles. The van der Waals surface area contributed by atoms with E-state index in [-0.39, 0.29) is 35.5 Å². The van der Waals surface area contributed by atoms with Crippen molar-refractivity contribution in [1.82, 2.24) is 10.6 Å². The lowest BCUT2D eigenvalue weighted by Gasteiger charge is -2.20. The van der Waals surface area contributed by atoms with Crippen LogP contribution in [0, 0.1) is 17.5 Å². The second-order valence-electron chi connectivity index (χ2n) is 9.39. The summed E-state index contributed by atoms with van der Waals surface area (Å²) in [5.41, 5.74) is -3.06. The van der Waals surface area contributed by atoms with Gasteiger partial charge < -0.3 is 20.1 Å². The van der Waals surface area contributed by atoms with Crippen LogP contribution in [-0.2, 0) is 9.36 Å². The number of carbonyl (C=O) groups is 2. The molecule has 1 aliphatic heterocycles. The Kier molecular flexibility index (Phi) is 9.22. The molecule has 14 heteroatoms. The summed E-state index contributed by atoms with van der Waals surface area (Å²) in [6.45, 7) is 6.37. The lowest BCUT2D eigenvalue weighted by molar-refractivity contribution is -0.118. The summed E-state index contributed by atoms with van der Waals surface area (Å²) in [5, 5.41) is 3.96. The van der Waals surface area contributed by atoms with Gasteiger partial charge in [0.1, 0.15) is 24.8 Å². The molecule has 1 fully saturated rings. The molecule has 1 atom stereocenters. The smallest absolute Gasteiger partial charge is 0.326 e. The maximum absolute atomic E-state index is 15.2. The summed E-state index contributed by atoms with van der Waals surface area (Å²) in [6.07, 6.45) is -3.88. The molecule has 2 aromatic carbocycles. The minimum atomic E-state index is -4.89. The van der Waals surface area contributed by atoms with Crippen molar-refractivity contribution in [3.63, 3.8) is 0 Å². The van der Waals surface area contributed by atoms with Gasteiger partial charge in [0, 0.05) is 12.1 Å². The molecule has 0 saturated carbocycles. The van der Waals surface area contributed by atoms with Crippen molar-refractivity contribution in [1.29, 1.82) is 0 Å². The van der Waals surface area contributed by atoms with Crippen molar-refractivity contribution in [3.05, 3.63) is 83.6 Å². The van der Waals surface area contributed by atoms with E-state index in [4.69, 9.17) is 0 Å². The SMILES string of the molecule is C=C(/C=C(F)\C(=C/C)NC(=O)N[C@@H]1CCN(c2ccc(-c3cccc(F)c3P(C)(C)=O)c(F)c2F)C1=O)C(F)(F)F. The number of halogens is 7. The van der Waals surface area contributed by atoms with Crippen LogP contribution >= 0.6 is 7.14 Å². The van der Waals surface area contributed by atoms with Crippen LogP contribution in [0.3, 0.4) is 0 Å². The number of carbonyl (C=O) groups excluding carboxylic acids is 2. The van der Waals surface area contributed by atoms with Crippen LogP contribution in [0.15, 0.2) is 66.2 Å². The van der Waals surface area contributed by atoms with Crippen LogP contribution in [0.4, 0.5) is 41.2 Å². The zero-order valence-electron chi connectivity index (χ0n) is 22.0. The highest BCUT2D eigenvalue weighted by atomic mass is 31.2. The van der Waals surface area contributed by atoms with Gasteiger partial charge in [0.05, 0.1) is 22.3 Å². The monoisotopic (exact) mass is 603 g/mol. The molecule has 2 N–H and O–H groups in total. The predicted molar refractivity (Wildman–Crippen MR) is 141 cm³/mol. The van der Waals surface area contributed by atoms with Crippen LogP contribution in [0.1, 0.15) is 13.3 Å². The number of benzene rings is 2. The quantitative estimate of drug-likeness (QED) is 0.222. The van der Waals surface area contributed by atoms with E-state index in [9.17, 15) is 36.1 Å². The second-order valence-corrected chi connectivity index (χ2v) is 12.5. The number of nitrogens with zero attached hydrogens (tertiary/aromatic N) is 1. The lowest BCUT2D eigenvalue weighted by Crippen LogP contribution is -2.46. The number of allylic oxidation sites excluding steroid dienone is 4. The minimum Gasteiger partial charge on any atom is -0.326 e. The Morgan fingerprint density at radius 3 is 2.34 bits per heavy atom. The minimum absolute atomic E-state index is 0.0632. The molecular weight excluding hydrogens is 578 g/mol. The maximum Gasteiger partial charge on any atom is 0.415 e. The largest absolute Gasteiger partial charge is 0.415 e. The normalized spacial score (nSPS) is 16.7. The predicted octanol–water partition coefficient (Wildman–Crippen LogP) is 6.30. The van der Waals surface area contributed by atoms with Crippen molar-refractivity contribution >= 4 is 30.1 Å². The Labute approximate surface area is 231 Å². The van der Waals surface area contributed by atoms with E-state index in [0.717, 1.165) is 29.2 Å². The molecule has 2 aromatic rings. The van der Waals surface area contributed by atoms with Gasteiger partial charge in [-0.1, -0.05) is 24.8 Å². The number of amides is 3. The number of hydrogen-bond acceptors (Lipinski definition) is 3. The fourth-order valence-corrected chi connectivity index (χ4v) is 5.55. The summed E-state index contributed by atoms with van der Waals surface area (Å²) in [4.78, 5) is 26.1. The number of hydrogen-bond donors (Lipinski definition) is 2. The molecule has 0 aromatic heterocycles. The molecular formula is C27H25F7N3O3P. The molecule has 1 aliphatic rings. The first kappa shape index (κ1) is 31.7. The lowest BCUT2D eigenvalue weighted by atomic mass is 10.0. The average molecular weight is 603 g/mol. The van der Waals surface area contributed by atoms with Crippen LogP contribution < -0.4 is 20.8 Å². The van der Waals surface area contributed by atoms with E-state index in [1.807, 2.05) is 5.32 Å². The fraction of sp³-hybridized carbons (Fsp3) is 0.259. The first-order chi connectivity index (χ1) is 19.0. The van der Waals surface area contributed by atoms with E-state index in [1.54, 1.807) is 0 Å². The molecule has 0 spiro atoms.